The lowest BCUT2D eigenvalue weighted by atomic mass is 10.1. The van der Waals surface area contributed by atoms with Gasteiger partial charge in [0, 0.05) is 37.4 Å². The van der Waals surface area contributed by atoms with Crippen LogP contribution < -0.4 is 15.4 Å². The Kier molecular flexibility index (Phi) is 6.86. The second kappa shape index (κ2) is 9.23. The van der Waals surface area contributed by atoms with Gasteiger partial charge in [0.25, 0.3) is 0 Å². The third-order valence-corrected chi connectivity index (χ3v) is 6.77. The van der Waals surface area contributed by atoms with Crippen molar-refractivity contribution in [1.29, 1.82) is 0 Å². The first-order valence-corrected chi connectivity index (χ1v) is 11.7. The van der Waals surface area contributed by atoms with Gasteiger partial charge in [-0.2, -0.15) is 0 Å². The van der Waals surface area contributed by atoms with Crippen LogP contribution in [-0.2, 0) is 16.6 Å². The summed E-state index contributed by atoms with van der Waals surface area (Å²) in [5.41, 5.74) is 7.18. The van der Waals surface area contributed by atoms with Crippen molar-refractivity contribution >= 4 is 21.7 Å². The Morgan fingerprint density at radius 3 is 2.29 bits per heavy atom. The number of nitrogens with zero attached hydrogens (tertiary/aromatic N) is 3. The van der Waals surface area contributed by atoms with Crippen LogP contribution in [0.2, 0.25) is 0 Å². The second-order valence-electron chi connectivity index (χ2n) is 8.59. The molecule has 0 amide bonds. The van der Waals surface area contributed by atoms with E-state index in [9.17, 15) is 12.8 Å². The van der Waals surface area contributed by atoms with E-state index < -0.39 is 15.6 Å². The van der Waals surface area contributed by atoms with E-state index in [0.717, 1.165) is 18.8 Å². The van der Waals surface area contributed by atoms with Gasteiger partial charge in [-0.15, -0.1) is 0 Å². The molecule has 2 aromatic rings. The molecule has 0 radical (unpaired) electrons. The van der Waals surface area contributed by atoms with E-state index in [1.165, 1.54) is 12.1 Å². The minimum atomic E-state index is -3.67. The lowest BCUT2D eigenvalue weighted by Crippen LogP contribution is -2.51. The van der Waals surface area contributed by atoms with Gasteiger partial charge < -0.3 is 15.5 Å². The van der Waals surface area contributed by atoms with E-state index in [4.69, 9.17) is 5.73 Å². The third-order valence-electron chi connectivity index (χ3n) is 4.91. The zero-order valence-electron chi connectivity index (χ0n) is 18.2. The zero-order valence-corrected chi connectivity index (χ0v) is 19.0. The van der Waals surface area contributed by atoms with Crippen molar-refractivity contribution in [2.75, 3.05) is 31.1 Å². The number of aliphatic imine (C=N–C) groups is 1. The summed E-state index contributed by atoms with van der Waals surface area (Å²) in [6.45, 7) is 8.41. The number of hydrogen-bond donors (Lipinski definition) is 2. The fourth-order valence-electron chi connectivity index (χ4n) is 3.47. The summed E-state index contributed by atoms with van der Waals surface area (Å²) >= 11 is 0. The van der Waals surface area contributed by atoms with Gasteiger partial charge >= 0.3 is 0 Å². The molecule has 9 heteroatoms. The Labute approximate surface area is 183 Å². The van der Waals surface area contributed by atoms with Crippen LogP contribution in [0.5, 0.6) is 0 Å². The van der Waals surface area contributed by atoms with E-state index in [-0.39, 0.29) is 17.3 Å². The molecule has 1 heterocycles. The molecule has 0 aromatic heterocycles. The number of nitrogens with one attached hydrogen (secondary N) is 1. The first kappa shape index (κ1) is 23.0. The molecule has 2 aromatic carbocycles. The number of hydrogen-bond acceptors (Lipinski definition) is 4. The highest BCUT2D eigenvalue weighted by atomic mass is 32.2. The highest BCUT2D eigenvalue weighted by molar-refractivity contribution is 7.89. The number of guanidine groups is 1. The predicted octanol–water partition coefficient (Wildman–Crippen LogP) is 2.54. The maximum Gasteiger partial charge on any atom is 0.241 e. The van der Waals surface area contributed by atoms with Crippen molar-refractivity contribution in [3.05, 3.63) is 59.9 Å². The molecule has 1 fully saturated rings. The van der Waals surface area contributed by atoms with E-state index in [1.807, 2.05) is 4.90 Å². The van der Waals surface area contributed by atoms with E-state index in [2.05, 4.69) is 14.6 Å². The van der Waals surface area contributed by atoms with Gasteiger partial charge in [0.05, 0.1) is 11.4 Å². The molecule has 0 saturated carbocycles. The molecule has 0 aliphatic carbocycles. The topological polar surface area (TPSA) is 91.0 Å². The summed E-state index contributed by atoms with van der Waals surface area (Å²) in [5.74, 6) is 0.133. The molecule has 168 valence electrons. The van der Waals surface area contributed by atoms with Crippen molar-refractivity contribution < 1.29 is 12.8 Å². The molecule has 0 atom stereocenters. The van der Waals surface area contributed by atoms with Crippen molar-refractivity contribution in [1.82, 2.24) is 9.62 Å². The Morgan fingerprint density at radius 1 is 1.06 bits per heavy atom. The molecule has 1 aliphatic rings. The quantitative estimate of drug-likeness (QED) is 0.543. The van der Waals surface area contributed by atoms with Crippen LogP contribution >= 0.6 is 0 Å². The van der Waals surface area contributed by atoms with Crippen molar-refractivity contribution in [3.8, 4) is 0 Å². The lowest BCUT2D eigenvalue weighted by Gasteiger charge is -2.36. The van der Waals surface area contributed by atoms with Crippen LogP contribution in [0.3, 0.4) is 0 Å². The van der Waals surface area contributed by atoms with Gasteiger partial charge in [0.15, 0.2) is 5.96 Å². The van der Waals surface area contributed by atoms with Gasteiger partial charge in [0.2, 0.25) is 10.0 Å². The van der Waals surface area contributed by atoms with Crippen LogP contribution in [0.25, 0.3) is 0 Å². The van der Waals surface area contributed by atoms with E-state index in [0.29, 0.717) is 24.6 Å². The van der Waals surface area contributed by atoms with Crippen LogP contribution in [-0.4, -0.2) is 51.0 Å². The maximum atomic E-state index is 13.1. The highest BCUT2D eigenvalue weighted by Gasteiger charge is 2.24. The molecule has 0 unspecified atom stereocenters. The molecule has 1 saturated heterocycles. The number of benzene rings is 2. The maximum absolute atomic E-state index is 13.1. The number of halogens is 1. The summed E-state index contributed by atoms with van der Waals surface area (Å²) in [7, 11) is -3.67. The second-order valence-corrected chi connectivity index (χ2v) is 10.2. The Morgan fingerprint density at radius 2 is 1.68 bits per heavy atom. The van der Waals surface area contributed by atoms with Gasteiger partial charge in [-0.3, -0.25) is 0 Å². The average molecular weight is 448 g/mol. The smallest absolute Gasteiger partial charge is 0.241 e. The third kappa shape index (κ3) is 6.18. The predicted molar refractivity (Wildman–Crippen MR) is 122 cm³/mol. The zero-order chi connectivity index (χ0) is 22.6. The molecule has 0 spiro atoms. The van der Waals surface area contributed by atoms with Gasteiger partial charge in [-0.25, -0.2) is 22.5 Å². The minimum Gasteiger partial charge on any atom is -0.370 e. The molecule has 7 nitrogen and oxygen atoms in total. The monoisotopic (exact) mass is 447 g/mol. The molecule has 31 heavy (non-hydrogen) atoms. The Hall–Kier alpha value is -2.65. The molecule has 1 aliphatic heterocycles. The number of piperazine rings is 1. The molecule has 3 N–H and O–H groups in total. The summed E-state index contributed by atoms with van der Waals surface area (Å²) in [6, 6.07) is 13.3. The highest BCUT2D eigenvalue weighted by Crippen LogP contribution is 2.19. The van der Waals surface area contributed by atoms with Crippen molar-refractivity contribution in [2.24, 2.45) is 10.7 Å². The fourth-order valence-corrected chi connectivity index (χ4v) is 5.12. The Bertz CT molecular complexity index is 1020. The van der Waals surface area contributed by atoms with E-state index >= 15 is 0 Å². The first-order chi connectivity index (χ1) is 14.5. The standard InChI is InChI=1S/C22H30FN5O2S/c1-22(2,3)26-31(29,30)20-7-5-4-6-17(20)16-25-21(24)28-14-12-27(13-15-28)19-10-8-18(23)9-11-19/h4-11,26H,12-16H2,1-3H3,(H2,24,25). The molecular weight excluding hydrogens is 417 g/mol. The van der Waals surface area contributed by atoms with Crippen molar-refractivity contribution in [2.45, 2.75) is 37.8 Å². The first-order valence-electron chi connectivity index (χ1n) is 10.2. The average Bonchev–Trinajstić information content (AvgIpc) is 2.71. The summed E-state index contributed by atoms with van der Waals surface area (Å²) < 4.78 is 41.4. The largest absolute Gasteiger partial charge is 0.370 e. The normalized spacial score (nSPS) is 15.9. The summed E-state index contributed by atoms with van der Waals surface area (Å²) in [5, 5.41) is 0. The fraction of sp³-hybridized carbons (Fsp3) is 0.409. The minimum absolute atomic E-state index is 0.172. The molecule has 0 bridgehead atoms. The number of sulfonamides is 1. The summed E-state index contributed by atoms with van der Waals surface area (Å²) in [6.07, 6.45) is 0. The van der Waals surface area contributed by atoms with Crippen molar-refractivity contribution in [3.63, 3.8) is 0 Å². The molecular formula is C22H30FN5O2S. The number of nitrogens with two attached hydrogens (primary N) is 1. The van der Waals surface area contributed by atoms with Crippen LogP contribution in [0.4, 0.5) is 10.1 Å². The van der Waals surface area contributed by atoms with Crippen LogP contribution in [0.15, 0.2) is 58.4 Å². The SMILES string of the molecule is CC(C)(C)NS(=O)(=O)c1ccccc1CN=C(N)N1CCN(c2ccc(F)cc2)CC1. The number of anilines is 1. The van der Waals surface area contributed by atoms with Gasteiger partial charge in [-0.1, -0.05) is 18.2 Å². The van der Waals surface area contributed by atoms with Crippen LogP contribution in [0.1, 0.15) is 26.3 Å². The van der Waals surface area contributed by atoms with Gasteiger partial charge in [0.1, 0.15) is 5.82 Å². The molecule has 3 rings (SSSR count). The number of rotatable bonds is 5. The van der Waals surface area contributed by atoms with E-state index in [1.54, 1.807) is 57.2 Å². The Balaban J connectivity index is 1.66. The lowest BCUT2D eigenvalue weighted by molar-refractivity contribution is 0.380. The van der Waals surface area contributed by atoms with Crippen LogP contribution in [0, 0.1) is 5.82 Å². The summed E-state index contributed by atoms with van der Waals surface area (Å²) in [4.78, 5) is 8.82. The van der Waals surface area contributed by atoms with Gasteiger partial charge in [-0.05, 0) is 56.7 Å².